The molecule has 0 saturated carbocycles. The summed E-state index contributed by atoms with van der Waals surface area (Å²) in [5.74, 6) is -1.16. The van der Waals surface area contributed by atoms with Crippen molar-refractivity contribution in [2.45, 2.75) is 10.9 Å². The van der Waals surface area contributed by atoms with Crippen LogP contribution in [0.2, 0.25) is 0 Å². The highest BCUT2D eigenvalue weighted by Gasteiger charge is 2.25. The maximum absolute atomic E-state index is 11.9. The molecular weight excluding hydrogens is 246 g/mol. The van der Waals surface area contributed by atoms with Gasteiger partial charge in [0.15, 0.2) is 0 Å². The van der Waals surface area contributed by atoms with Gasteiger partial charge in [0.05, 0.1) is 29.7 Å². The largest absolute Gasteiger partial charge is 0.478 e. The van der Waals surface area contributed by atoms with E-state index in [4.69, 9.17) is 9.84 Å². The van der Waals surface area contributed by atoms with Crippen LogP contribution in [-0.2, 0) is 14.8 Å². The topological polar surface area (TPSA) is 92.7 Å². The van der Waals surface area contributed by atoms with Gasteiger partial charge in [0, 0.05) is 0 Å². The highest BCUT2D eigenvalue weighted by molar-refractivity contribution is 7.89. The molecule has 0 aliphatic carbocycles. The van der Waals surface area contributed by atoms with Crippen LogP contribution in [0.15, 0.2) is 29.2 Å². The molecule has 0 unspecified atom stereocenters. The maximum atomic E-state index is 11.9. The maximum Gasteiger partial charge on any atom is 0.335 e. The zero-order valence-corrected chi connectivity index (χ0v) is 9.61. The predicted molar refractivity (Wildman–Crippen MR) is 58.3 cm³/mol. The highest BCUT2D eigenvalue weighted by Crippen LogP contribution is 2.13. The van der Waals surface area contributed by atoms with E-state index in [-0.39, 0.29) is 16.5 Å². The van der Waals surface area contributed by atoms with Crippen LogP contribution in [0.4, 0.5) is 0 Å². The van der Waals surface area contributed by atoms with Gasteiger partial charge in [-0.15, -0.1) is 0 Å². The number of hydrogen-bond donors (Lipinski definition) is 2. The molecule has 0 spiro atoms. The van der Waals surface area contributed by atoms with Gasteiger partial charge < -0.3 is 9.84 Å². The van der Waals surface area contributed by atoms with Gasteiger partial charge in [0.2, 0.25) is 10.0 Å². The summed E-state index contributed by atoms with van der Waals surface area (Å²) in [5, 5.41) is 8.78. The van der Waals surface area contributed by atoms with Crippen LogP contribution in [0.3, 0.4) is 0 Å². The second-order valence-corrected chi connectivity index (χ2v) is 5.40. The molecular formula is C10H11NO5S. The van der Waals surface area contributed by atoms with Crippen molar-refractivity contribution in [3.8, 4) is 0 Å². The zero-order valence-electron chi connectivity index (χ0n) is 8.79. The van der Waals surface area contributed by atoms with Crippen molar-refractivity contribution in [2.24, 2.45) is 0 Å². The summed E-state index contributed by atoms with van der Waals surface area (Å²) in [6.45, 7) is 0.690. The van der Waals surface area contributed by atoms with Crippen LogP contribution in [0.25, 0.3) is 0 Å². The molecule has 1 aromatic rings. The Morgan fingerprint density at radius 3 is 2.65 bits per heavy atom. The quantitative estimate of drug-likeness (QED) is 0.795. The number of carboxylic acids is 1. The molecule has 92 valence electrons. The number of aromatic carboxylic acids is 1. The zero-order chi connectivity index (χ0) is 12.5. The summed E-state index contributed by atoms with van der Waals surface area (Å²) in [5.41, 5.74) is -0.0577. The molecule has 0 amide bonds. The third-order valence-electron chi connectivity index (χ3n) is 2.35. The lowest BCUT2D eigenvalue weighted by Gasteiger charge is -2.26. The molecule has 1 fully saturated rings. The van der Waals surface area contributed by atoms with E-state index in [0.29, 0.717) is 13.2 Å². The summed E-state index contributed by atoms with van der Waals surface area (Å²) < 4.78 is 31.0. The Morgan fingerprint density at radius 2 is 2.12 bits per heavy atom. The van der Waals surface area contributed by atoms with Crippen molar-refractivity contribution < 1.29 is 23.1 Å². The van der Waals surface area contributed by atoms with E-state index >= 15 is 0 Å². The molecule has 0 radical (unpaired) electrons. The Kier molecular flexibility index (Phi) is 3.14. The molecule has 1 aliphatic heterocycles. The number of hydrogen-bond acceptors (Lipinski definition) is 4. The van der Waals surface area contributed by atoms with Crippen LogP contribution in [-0.4, -0.2) is 38.7 Å². The van der Waals surface area contributed by atoms with Gasteiger partial charge in [-0.25, -0.2) is 17.9 Å². The van der Waals surface area contributed by atoms with Crippen molar-refractivity contribution >= 4 is 16.0 Å². The molecule has 2 rings (SSSR count). The Hall–Kier alpha value is -1.44. The SMILES string of the molecule is O=C(O)c1cccc(S(=O)(=O)NC2COC2)c1. The molecule has 1 aromatic carbocycles. The van der Waals surface area contributed by atoms with Gasteiger partial charge in [-0.05, 0) is 18.2 Å². The lowest BCUT2D eigenvalue weighted by atomic mass is 10.2. The normalized spacial score (nSPS) is 16.5. The van der Waals surface area contributed by atoms with E-state index in [2.05, 4.69) is 4.72 Å². The highest BCUT2D eigenvalue weighted by atomic mass is 32.2. The van der Waals surface area contributed by atoms with Gasteiger partial charge in [-0.3, -0.25) is 0 Å². The Labute approximate surface area is 98.3 Å². The molecule has 7 heteroatoms. The van der Waals surface area contributed by atoms with E-state index in [1.165, 1.54) is 18.2 Å². The van der Waals surface area contributed by atoms with E-state index in [1.54, 1.807) is 0 Å². The molecule has 1 heterocycles. The first-order chi connectivity index (χ1) is 7.99. The fourth-order valence-corrected chi connectivity index (χ4v) is 2.64. The molecule has 1 saturated heterocycles. The molecule has 0 atom stereocenters. The Bertz CT molecular complexity index is 535. The average Bonchev–Trinajstić information content (AvgIpc) is 2.24. The smallest absolute Gasteiger partial charge is 0.335 e. The van der Waals surface area contributed by atoms with E-state index in [1.807, 2.05) is 0 Å². The third kappa shape index (κ3) is 2.63. The first-order valence-corrected chi connectivity index (χ1v) is 6.41. The van der Waals surface area contributed by atoms with E-state index in [0.717, 1.165) is 6.07 Å². The fourth-order valence-electron chi connectivity index (χ4n) is 1.39. The Morgan fingerprint density at radius 1 is 1.41 bits per heavy atom. The number of ether oxygens (including phenoxy) is 1. The van der Waals surface area contributed by atoms with Crippen LogP contribution in [0, 0.1) is 0 Å². The van der Waals surface area contributed by atoms with Gasteiger partial charge >= 0.3 is 5.97 Å². The Balaban J connectivity index is 2.25. The summed E-state index contributed by atoms with van der Waals surface area (Å²) in [4.78, 5) is 10.7. The third-order valence-corrected chi connectivity index (χ3v) is 3.87. The van der Waals surface area contributed by atoms with Crippen LogP contribution in [0.5, 0.6) is 0 Å². The summed E-state index contributed by atoms with van der Waals surface area (Å²) in [7, 11) is -3.67. The second kappa shape index (κ2) is 4.44. The summed E-state index contributed by atoms with van der Waals surface area (Å²) in [6.07, 6.45) is 0. The average molecular weight is 257 g/mol. The number of carbonyl (C=O) groups is 1. The first-order valence-electron chi connectivity index (χ1n) is 4.92. The molecule has 1 aliphatic rings. The number of sulfonamides is 1. The number of rotatable bonds is 4. The molecule has 17 heavy (non-hydrogen) atoms. The monoisotopic (exact) mass is 257 g/mol. The lowest BCUT2D eigenvalue weighted by Crippen LogP contribution is -2.48. The predicted octanol–water partition coefficient (Wildman–Crippen LogP) is 0.0619. The number of carboxylic acid groups (broad SMARTS) is 1. The van der Waals surface area contributed by atoms with Crippen LogP contribution < -0.4 is 4.72 Å². The lowest BCUT2D eigenvalue weighted by molar-refractivity contribution is 0.00482. The molecule has 0 bridgehead atoms. The summed E-state index contributed by atoms with van der Waals surface area (Å²) in [6, 6.07) is 5.00. The van der Waals surface area contributed by atoms with Crippen molar-refractivity contribution in [1.29, 1.82) is 0 Å². The van der Waals surface area contributed by atoms with Crippen molar-refractivity contribution in [2.75, 3.05) is 13.2 Å². The van der Waals surface area contributed by atoms with Crippen molar-refractivity contribution in [3.63, 3.8) is 0 Å². The standard InChI is InChI=1S/C10H11NO5S/c12-10(13)7-2-1-3-9(4-7)17(14,15)11-8-5-16-6-8/h1-4,8,11H,5-6H2,(H,12,13). The van der Waals surface area contributed by atoms with Crippen LogP contribution in [0.1, 0.15) is 10.4 Å². The minimum Gasteiger partial charge on any atom is -0.478 e. The molecule has 6 nitrogen and oxygen atoms in total. The summed E-state index contributed by atoms with van der Waals surface area (Å²) >= 11 is 0. The van der Waals surface area contributed by atoms with E-state index < -0.39 is 16.0 Å². The van der Waals surface area contributed by atoms with Gasteiger partial charge in [-0.2, -0.15) is 0 Å². The second-order valence-electron chi connectivity index (χ2n) is 3.69. The number of benzene rings is 1. The molecule has 0 aromatic heterocycles. The minimum atomic E-state index is -3.67. The number of nitrogens with one attached hydrogen (secondary N) is 1. The first kappa shape index (κ1) is 12.0. The van der Waals surface area contributed by atoms with Crippen molar-refractivity contribution in [1.82, 2.24) is 4.72 Å². The van der Waals surface area contributed by atoms with Crippen LogP contribution >= 0.6 is 0 Å². The van der Waals surface area contributed by atoms with Gasteiger partial charge in [0.1, 0.15) is 0 Å². The van der Waals surface area contributed by atoms with Gasteiger partial charge in [-0.1, -0.05) is 6.07 Å². The van der Waals surface area contributed by atoms with Gasteiger partial charge in [0.25, 0.3) is 0 Å². The fraction of sp³-hybridized carbons (Fsp3) is 0.300. The van der Waals surface area contributed by atoms with Crippen molar-refractivity contribution in [3.05, 3.63) is 29.8 Å². The molecule has 2 N–H and O–H groups in total. The van der Waals surface area contributed by atoms with E-state index in [9.17, 15) is 13.2 Å². The minimum absolute atomic E-state index is 0.0516.